The van der Waals surface area contributed by atoms with Gasteiger partial charge in [-0.15, -0.1) is 0 Å². The van der Waals surface area contributed by atoms with E-state index in [0.717, 1.165) is 25.9 Å². The molecule has 1 saturated heterocycles. The molecule has 0 saturated carbocycles. The van der Waals surface area contributed by atoms with Gasteiger partial charge in [0.05, 0.1) is 6.10 Å². The smallest absolute Gasteiger partial charge is 0.0590 e. The molecule has 3 N–H and O–H groups in total. The van der Waals surface area contributed by atoms with E-state index in [1.807, 2.05) is 7.05 Å². The monoisotopic (exact) mass is 172 g/mol. The molecular weight excluding hydrogens is 152 g/mol. The summed E-state index contributed by atoms with van der Waals surface area (Å²) < 4.78 is 5.59. The molecule has 2 unspecified atom stereocenters. The average molecular weight is 172 g/mol. The van der Waals surface area contributed by atoms with Gasteiger partial charge in [-0.3, -0.25) is 0 Å². The summed E-state index contributed by atoms with van der Waals surface area (Å²) in [6, 6.07) is 0. The number of likely N-dealkylation sites (N-methyl/N-ethyl adjacent to an activating group) is 1. The fraction of sp³-hybridized carbons (Fsp3) is 1.00. The molecule has 12 heavy (non-hydrogen) atoms. The van der Waals surface area contributed by atoms with Crippen molar-refractivity contribution in [3.05, 3.63) is 0 Å². The maximum absolute atomic E-state index is 5.75. The minimum absolute atomic E-state index is 0.138. The molecule has 3 heteroatoms. The minimum atomic E-state index is 0.138. The van der Waals surface area contributed by atoms with Gasteiger partial charge in [0.15, 0.2) is 0 Å². The van der Waals surface area contributed by atoms with Crippen LogP contribution in [0.4, 0.5) is 0 Å². The molecule has 0 amide bonds. The first-order valence-electron chi connectivity index (χ1n) is 4.77. The highest BCUT2D eigenvalue weighted by Gasteiger charge is 2.33. The third-order valence-electron chi connectivity index (χ3n) is 2.93. The maximum atomic E-state index is 5.75. The number of ether oxygens (including phenoxy) is 1. The molecule has 0 aromatic carbocycles. The Morgan fingerprint density at radius 3 is 2.92 bits per heavy atom. The first-order chi connectivity index (χ1) is 5.76. The van der Waals surface area contributed by atoms with E-state index in [4.69, 9.17) is 10.5 Å². The molecule has 3 nitrogen and oxygen atoms in total. The number of rotatable bonds is 3. The number of nitrogens with two attached hydrogens (primary N) is 1. The van der Waals surface area contributed by atoms with Gasteiger partial charge in [0.1, 0.15) is 0 Å². The Hall–Kier alpha value is -0.120. The van der Waals surface area contributed by atoms with Crippen molar-refractivity contribution in [2.45, 2.75) is 37.8 Å². The van der Waals surface area contributed by atoms with Crippen LogP contribution in [0.25, 0.3) is 0 Å². The number of hydrogen-bond acceptors (Lipinski definition) is 3. The molecule has 1 aliphatic heterocycles. The van der Waals surface area contributed by atoms with Crippen molar-refractivity contribution in [2.75, 3.05) is 20.2 Å². The maximum Gasteiger partial charge on any atom is 0.0590 e. The minimum Gasteiger partial charge on any atom is -0.378 e. The van der Waals surface area contributed by atoms with Crippen molar-refractivity contribution in [3.63, 3.8) is 0 Å². The van der Waals surface area contributed by atoms with Crippen LogP contribution >= 0.6 is 0 Å². The standard InChI is InChI=1S/C9H20N2O/c1-3-8-6-9(7-10,11-2)4-5-12-8/h8,11H,3-7,10H2,1-2H3. The van der Waals surface area contributed by atoms with E-state index < -0.39 is 0 Å². The molecule has 72 valence electrons. The first kappa shape index (κ1) is 9.96. The SMILES string of the molecule is CCC1CC(CN)(NC)CCO1. The summed E-state index contributed by atoms with van der Waals surface area (Å²) in [5, 5.41) is 3.33. The third-order valence-corrected chi connectivity index (χ3v) is 2.93. The number of nitrogens with one attached hydrogen (secondary N) is 1. The van der Waals surface area contributed by atoms with E-state index in [2.05, 4.69) is 12.2 Å². The normalized spacial score (nSPS) is 36.8. The van der Waals surface area contributed by atoms with Crippen molar-refractivity contribution in [2.24, 2.45) is 5.73 Å². The summed E-state index contributed by atoms with van der Waals surface area (Å²) in [5.41, 5.74) is 5.89. The van der Waals surface area contributed by atoms with Crippen LogP contribution in [0.2, 0.25) is 0 Å². The quantitative estimate of drug-likeness (QED) is 0.651. The second-order valence-electron chi connectivity index (χ2n) is 3.59. The lowest BCUT2D eigenvalue weighted by Gasteiger charge is -2.39. The van der Waals surface area contributed by atoms with Crippen LogP contribution in [-0.2, 0) is 4.74 Å². The summed E-state index contributed by atoms with van der Waals surface area (Å²) in [5.74, 6) is 0. The fourth-order valence-electron chi connectivity index (χ4n) is 1.79. The Balaban J connectivity index is 2.52. The fourth-order valence-corrected chi connectivity index (χ4v) is 1.79. The van der Waals surface area contributed by atoms with Gasteiger partial charge in [-0.1, -0.05) is 6.92 Å². The van der Waals surface area contributed by atoms with Crippen LogP contribution in [0.5, 0.6) is 0 Å². The zero-order valence-electron chi connectivity index (χ0n) is 8.10. The molecule has 1 heterocycles. The van der Waals surface area contributed by atoms with Crippen molar-refractivity contribution in [1.29, 1.82) is 0 Å². The molecule has 0 bridgehead atoms. The summed E-state index contributed by atoms with van der Waals surface area (Å²) >= 11 is 0. The Morgan fingerprint density at radius 1 is 1.67 bits per heavy atom. The molecule has 0 radical (unpaired) electrons. The predicted octanol–water partition coefficient (Wildman–Crippen LogP) is 0.492. The van der Waals surface area contributed by atoms with Gasteiger partial charge in [0.25, 0.3) is 0 Å². The molecule has 0 aromatic heterocycles. The molecule has 1 rings (SSSR count). The second kappa shape index (κ2) is 4.21. The lowest BCUT2D eigenvalue weighted by molar-refractivity contribution is -0.0259. The number of hydrogen-bond donors (Lipinski definition) is 2. The molecule has 0 spiro atoms. The van der Waals surface area contributed by atoms with Crippen molar-refractivity contribution in [1.82, 2.24) is 5.32 Å². The van der Waals surface area contributed by atoms with Crippen LogP contribution < -0.4 is 11.1 Å². The van der Waals surface area contributed by atoms with Gasteiger partial charge >= 0.3 is 0 Å². The zero-order valence-corrected chi connectivity index (χ0v) is 8.10. The summed E-state index contributed by atoms with van der Waals surface area (Å²) in [6.07, 6.45) is 3.57. The van der Waals surface area contributed by atoms with Crippen molar-refractivity contribution >= 4 is 0 Å². The molecule has 2 atom stereocenters. The van der Waals surface area contributed by atoms with Crippen LogP contribution in [0.15, 0.2) is 0 Å². The van der Waals surface area contributed by atoms with E-state index in [1.165, 1.54) is 0 Å². The van der Waals surface area contributed by atoms with Gasteiger partial charge in [-0.05, 0) is 26.3 Å². The van der Waals surface area contributed by atoms with Gasteiger partial charge in [0.2, 0.25) is 0 Å². The predicted molar refractivity (Wildman–Crippen MR) is 50.1 cm³/mol. The van der Waals surface area contributed by atoms with Crippen LogP contribution in [0.1, 0.15) is 26.2 Å². The van der Waals surface area contributed by atoms with Crippen LogP contribution in [-0.4, -0.2) is 31.8 Å². The van der Waals surface area contributed by atoms with Crippen molar-refractivity contribution < 1.29 is 4.74 Å². The third kappa shape index (κ3) is 1.97. The summed E-state index contributed by atoms with van der Waals surface area (Å²) in [4.78, 5) is 0. The van der Waals surface area contributed by atoms with E-state index in [9.17, 15) is 0 Å². The van der Waals surface area contributed by atoms with Gasteiger partial charge in [-0.25, -0.2) is 0 Å². The Bertz CT molecular complexity index is 134. The summed E-state index contributed by atoms with van der Waals surface area (Å²) in [7, 11) is 1.99. The Morgan fingerprint density at radius 2 is 2.42 bits per heavy atom. The first-order valence-corrected chi connectivity index (χ1v) is 4.77. The van der Waals surface area contributed by atoms with E-state index >= 15 is 0 Å². The largest absolute Gasteiger partial charge is 0.378 e. The van der Waals surface area contributed by atoms with E-state index in [1.54, 1.807) is 0 Å². The highest BCUT2D eigenvalue weighted by Crippen LogP contribution is 2.24. The van der Waals surface area contributed by atoms with Gasteiger partial charge < -0.3 is 15.8 Å². The van der Waals surface area contributed by atoms with Crippen LogP contribution in [0, 0.1) is 0 Å². The second-order valence-corrected chi connectivity index (χ2v) is 3.59. The zero-order chi connectivity index (χ0) is 9.03. The van der Waals surface area contributed by atoms with Gasteiger partial charge in [-0.2, -0.15) is 0 Å². The van der Waals surface area contributed by atoms with E-state index in [0.29, 0.717) is 12.6 Å². The molecule has 1 fully saturated rings. The van der Waals surface area contributed by atoms with E-state index in [-0.39, 0.29) is 5.54 Å². The van der Waals surface area contributed by atoms with Crippen molar-refractivity contribution in [3.8, 4) is 0 Å². The van der Waals surface area contributed by atoms with Gasteiger partial charge in [0, 0.05) is 18.7 Å². The lowest BCUT2D eigenvalue weighted by atomic mass is 9.86. The molecular formula is C9H20N2O. The summed E-state index contributed by atoms with van der Waals surface area (Å²) in [6.45, 7) is 3.72. The lowest BCUT2D eigenvalue weighted by Crippen LogP contribution is -2.55. The Labute approximate surface area is 74.7 Å². The average Bonchev–Trinajstić information content (AvgIpc) is 2.18. The highest BCUT2D eigenvalue weighted by atomic mass is 16.5. The topological polar surface area (TPSA) is 47.3 Å². The molecule has 1 aliphatic rings. The Kier molecular flexibility index (Phi) is 3.50. The highest BCUT2D eigenvalue weighted by molar-refractivity contribution is 4.92. The molecule has 0 aliphatic carbocycles. The molecule has 0 aromatic rings. The van der Waals surface area contributed by atoms with Crippen LogP contribution in [0.3, 0.4) is 0 Å².